The number of carbonyl (C=O) groups excluding carboxylic acids is 2. The van der Waals surface area contributed by atoms with Crippen LogP contribution in [0, 0.1) is 0 Å². The van der Waals surface area contributed by atoms with E-state index in [1.54, 1.807) is 48.5 Å². The molecule has 3 aromatic rings. The molecule has 0 radical (unpaired) electrons. The molecule has 0 spiro atoms. The topological polar surface area (TPSA) is 118 Å². The number of fused-ring (bicyclic) bond motifs is 2. The Kier molecular flexibility index (Phi) is 5.75. The molecule has 2 aliphatic heterocycles. The normalized spacial score (nSPS) is 21.1. The van der Waals surface area contributed by atoms with Gasteiger partial charge in [-0.2, -0.15) is 12.7 Å². The van der Waals surface area contributed by atoms with Crippen LogP contribution in [0.5, 0.6) is 0 Å². The SMILES string of the molecule is CS(=O)(=O)OC1CC(CN2C(=O)c3ccccc3C2=O)N(S(=O)(=O)c2ccc3ccccc3c2)C1. The summed E-state index contributed by atoms with van der Waals surface area (Å²) in [6.45, 7) is -0.446. The molecule has 5 rings (SSSR count). The van der Waals surface area contributed by atoms with Crippen molar-refractivity contribution >= 4 is 42.7 Å². The molecule has 3 aromatic carbocycles. The number of hydrogen-bond acceptors (Lipinski definition) is 7. The molecular formula is C24H22N2O7S2. The Labute approximate surface area is 203 Å². The maximum Gasteiger partial charge on any atom is 0.264 e. The highest BCUT2D eigenvalue weighted by Gasteiger charge is 2.45. The fraction of sp³-hybridized carbons (Fsp3) is 0.250. The van der Waals surface area contributed by atoms with Gasteiger partial charge in [-0.15, -0.1) is 0 Å². The quantitative estimate of drug-likeness (QED) is 0.366. The minimum Gasteiger partial charge on any atom is -0.273 e. The van der Waals surface area contributed by atoms with Gasteiger partial charge in [0.25, 0.3) is 21.9 Å². The third-order valence-electron chi connectivity index (χ3n) is 6.24. The van der Waals surface area contributed by atoms with Crippen LogP contribution in [-0.4, -0.2) is 69.3 Å². The van der Waals surface area contributed by atoms with Crippen molar-refractivity contribution in [3.8, 4) is 0 Å². The maximum absolute atomic E-state index is 13.7. The molecule has 0 N–H and O–H groups in total. The van der Waals surface area contributed by atoms with E-state index < -0.39 is 44.1 Å². The average molecular weight is 515 g/mol. The zero-order valence-electron chi connectivity index (χ0n) is 18.7. The number of carbonyl (C=O) groups is 2. The lowest BCUT2D eigenvalue weighted by Gasteiger charge is -2.27. The Bertz CT molecular complexity index is 1530. The van der Waals surface area contributed by atoms with Gasteiger partial charge in [-0.1, -0.05) is 42.5 Å². The first-order chi connectivity index (χ1) is 16.5. The molecule has 0 aromatic heterocycles. The molecule has 35 heavy (non-hydrogen) atoms. The second-order valence-electron chi connectivity index (χ2n) is 8.66. The lowest BCUT2D eigenvalue weighted by Crippen LogP contribution is -2.45. The van der Waals surface area contributed by atoms with Crippen LogP contribution in [-0.2, 0) is 24.3 Å². The molecular weight excluding hydrogens is 492 g/mol. The zero-order valence-corrected chi connectivity index (χ0v) is 20.3. The van der Waals surface area contributed by atoms with Gasteiger partial charge in [0, 0.05) is 19.1 Å². The van der Waals surface area contributed by atoms with Crippen molar-refractivity contribution in [2.24, 2.45) is 0 Å². The largest absolute Gasteiger partial charge is 0.273 e. The summed E-state index contributed by atoms with van der Waals surface area (Å²) in [5, 5.41) is 1.60. The van der Waals surface area contributed by atoms with Gasteiger partial charge in [0.1, 0.15) is 0 Å². The molecule has 1 saturated heterocycles. The summed E-state index contributed by atoms with van der Waals surface area (Å²) in [5.74, 6) is -1.03. The van der Waals surface area contributed by atoms with Gasteiger partial charge in [0.15, 0.2) is 0 Å². The molecule has 9 nitrogen and oxygen atoms in total. The molecule has 2 atom stereocenters. The van der Waals surface area contributed by atoms with E-state index >= 15 is 0 Å². The summed E-state index contributed by atoms with van der Waals surface area (Å²) in [6.07, 6.45) is -0.0413. The van der Waals surface area contributed by atoms with Gasteiger partial charge in [0.05, 0.1) is 28.4 Å². The van der Waals surface area contributed by atoms with Crippen molar-refractivity contribution in [3.05, 3.63) is 77.9 Å². The predicted molar refractivity (Wildman–Crippen MR) is 128 cm³/mol. The van der Waals surface area contributed by atoms with E-state index in [4.69, 9.17) is 4.18 Å². The Hall–Kier alpha value is -3.12. The summed E-state index contributed by atoms with van der Waals surface area (Å²) < 4.78 is 57.1. The fourth-order valence-corrected chi connectivity index (χ4v) is 7.03. The van der Waals surface area contributed by atoms with Crippen molar-refractivity contribution in [2.45, 2.75) is 23.5 Å². The van der Waals surface area contributed by atoms with Gasteiger partial charge in [0.2, 0.25) is 10.0 Å². The van der Waals surface area contributed by atoms with E-state index in [2.05, 4.69) is 0 Å². The highest BCUT2D eigenvalue weighted by atomic mass is 32.2. The fourth-order valence-electron chi connectivity index (χ4n) is 4.70. The molecule has 2 aliphatic rings. The van der Waals surface area contributed by atoms with E-state index in [1.807, 2.05) is 12.1 Å². The lowest BCUT2D eigenvalue weighted by molar-refractivity contribution is 0.0627. The number of imide groups is 1. The molecule has 182 valence electrons. The molecule has 2 unspecified atom stereocenters. The summed E-state index contributed by atoms with van der Waals surface area (Å²) in [7, 11) is -7.96. The summed E-state index contributed by atoms with van der Waals surface area (Å²) >= 11 is 0. The minimum absolute atomic E-state index is 0.00723. The van der Waals surface area contributed by atoms with Crippen LogP contribution in [0.1, 0.15) is 27.1 Å². The van der Waals surface area contributed by atoms with Crippen LogP contribution in [0.25, 0.3) is 10.8 Å². The standard InChI is InChI=1S/C24H22N2O7S2/c1-34(29,30)33-19-13-18(14-25-23(27)21-8-4-5-9-22(21)24(25)28)26(15-19)35(31,32)20-11-10-16-6-2-3-7-17(16)12-20/h2-12,18-19H,13-15H2,1H3. The first-order valence-electron chi connectivity index (χ1n) is 10.9. The summed E-state index contributed by atoms with van der Waals surface area (Å²) in [6, 6.07) is 17.6. The van der Waals surface area contributed by atoms with Crippen LogP contribution in [0.15, 0.2) is 71.6 Å². The number of nitrogens with zero attached hydrogens (tertiary/aromatic N) is 2. The van der Waals surface area contributed by atoms with Crippen molar-refractivity contribution < 1.29 is 30.6 Å². The summed E-state index contributed by atoms with van der Waals surface area (Å²) in [4.78, 5) is 26.8. The average Bonchev–Trinajstić information content (AvgIpc) is 3.32. The number of sulfonamides is 1. The van der Waals surface area contributed by atoms with Crippen molar-refractivity contribution in [1.29, 1.82) is 0 Å². The smallest absolute Gasteiger partial charge is 0.264 e. The zero-order chi connectivity index (χ0) is 25.0. The van der Waals surface area contributed by atoms with Gasteiger partial charge >= 0.3 is 0 Å². The first-order valence-corrected chi connectivity index (χ1v) is 14.1. The molecule has 2 heterocycles. The highest BCUT2D eigenvalue weighted by molar-refractivity contribution is 7.89. The second-order valence-corrected chi connectivity index (χ2v) is 12.2. The third-order valence-corrected chi connectivity index (χ3v) is 8.77. The molecule has 11 heteroatoms. The Balaban J connectivity index is 1.49. The number of benzene rings is 3. The first kappa shape index (κ1) is 23.6. The van der Waals surface area contributed by atoms with E-state index in [0.29, 0.717) is 0 Å². The molecule has 1 fully saturated rings. The van der Waals surface area contributed by atoms with Gasteiger partial charge in [-0.3, -0.25) is 18.7 Å². The van der Waals surface area contributed by atoms with E-state index in [-0.39, 0.29) is 35.5 Å². The van der Waals surface area contributed by atoms with Crippen molar-refractivity contribution in [2.75, 3.05) is 19.3 Å². The minimum atomic E-state index is -4.10. The molecule has 2 amide bonds. The van der Waals surface area contributed by atoms with Gasteiger partial charge < -0.3 is 0 Å². The monoisotopic (exact) mass is 514 g/mol. The van der Waals surface area contributed by atoms with Crippen LogP contribution in [0.3, 0.4) is 0 Å². The Morgan fingerprint density at radius 2 is 1.46 bits per heavy atom. The van der Waals surface area contributed by atoms with Crippen LogP contribution < -0.4 is 0 Å². The summed E-state index contributed by atoms with van der Waals surface area (Å²) in [5.41, 5.74) is 0.506. The second kappa shape index (κ2) is 8.52. The molecule has 0 bridgehead atoms. The number of amides is 2. The molecule has 0 saturated carbocycles. The van der Waals surface area contributed by atoms with E-state index in [1.165, 1.54) is 6.07 Å². The maximum atomic E-state index is 13.7. The van der Waals surface area contributed by atoms with Crippen LogP contribution in [0.2, 0.25) is 0 Å². The Morgan fingerprint density at radius 1 is 0.857 bits per heavy atom. The van der Waals surface area contributed by atoms with E-state index in [9.17, 15) is 26.4 Å². The Morgan fingerprint density at radius 3 is 2.09 bits per heavy atom. The highest BCUT2D eigenvalue weighted by Crippen LogP contribution is 2.32. The number of hydrogen-bond donors (Lipinski definition) is 0. The van der Waals surface area contributed by atoms with Gasteiger partial charge in [-0.25, -0.2) is 8.42 Å². The predicted octanol–water partition coefficient (Wildman–Crippen LogP) is 2.24. The van der Waals surface area contributed by atoms with Crippen molar-refractivity contribution in [3.63, 3.8) is 0 Å². The van der Waals surface area contributed by atoms with E-state index in [0.717, 1.165) is 26.2 Å². The molecule has 0 aliphatic carbocycles. The van der Waals surface area contributed by atoms with Crippen LogP contribution in [0.4, 0.5) is 0 Å². The van der Waals surface area contributed by atoms with Crippen LogP contribution >= 0.6 is 0 Å². The number of rotatable bonds is 6. The van der Waals surface area contributed by atoms with Gasteiger partial charge in [-0.05, 0) is 41.5 Å². The van der Waals surface area contributed by atoms with Crippen molar-refractivity contribution in [1.82, 2.24) is 9.21 Å². The third kappa shape index (κ3) is 4.36. The lowest BCUT2D eigenvalue weighted by atomic mass is 10.1.